The minimum atomic E-state index is 0.346. The van der Waals surface area contributed by atoms with Crippen LogP contribution in [0.25, 0.3) is 10.9 Å². The van der Waals surface area contributed by atoms with Crippen molar-refractivity contribution in [2.45, 2.75) is 44.9 Å². The number of H-pyrrole nitrogens is 1. The molecule has 0 unspecified atom stereocenters. The predicted molar refractivity (Wildman–Crippen MR) is 78.2 cm³/mol. The fraction of sp³-hybridized carbons (Fsp3) is 0.471. The van der Waals surface area contributed by atoms with E-state index in [2.05, 4.69) is 29.4 Å². The van der Waals surface area contributed by atoms with Crippen LogP contribution in [0, 0.1) is 5.92 Å². The van der Waals surface area contributed by atoms with Gasteiger partial charge in [0.05, 0.1) is 0 Å². The Morgan fingerprint density at radius 1 is 1.16 bits per heavy atom. The lowest BCUT2D eigenvalue weighted by Crippen LogP contribution is -2.18. The third-order valence-corrected chi connectivity index (χ3v) is 4.38. The zero-order valence-corrected chi connectivity index (χ0v) is 11.3. The number of rotatable bonds is 4. The van der Waals surface area contributed by atoms with Crippen molar-refractivity contribution in [3.8, 4) is 0 Å². The van der Waals surface area contributed by atoms with Gasteiger partial charge in [0, 0.05) is 29.4 Å². The third kappa shape index (κ3) is 2.73. The number of nitrogens with one attached hydrogen (secondary N) is 1. The second kappa shape index (κ2) is 5.60. The van der Waals surface area contributed by atoms with Crippen molar-refractivity contribution >= 4 is 16.7 Å². The van der Waals surface area contributed by atoms with E-state index in [0.717, 1.165) is 19.3 Å². The number of carbonyl (C=O) groups is 1. The van der Waals surface area contributed by atoms with Crippen molar-refractivity contribution in [1.29, 1.82) is 0 Å². The van der Waals surface area contributed by atoms with Crippen LogP contribution in [-0.2, 0) is 11.2 Å². The first-order valence-electron chi connectivity index (χ1n) is 7.42. The van der Waals surface area contributed by atoms with Crippen molar-refractivity contribution in [2.75, 3.05) is 0 Å². The molecule has 1 aromatic carbocycles. The van der Waals surface area contributed by atoms with Gasteiger partial charge in [0.15, 0.2) is 0 Å². The fourth-order valence-corrected chi connectivity index (χ4v) is 3.23. The molecule has 0 spiro atoms. The molecule has 1 aliphatic carbocycles. The van der Waals surface area contributed by atoms with Crippen molar-refractivity contribution in [3.63, 3.8) is 0 Å². The lowest BCUT2D eigenvalue weighted by molar-refractivity contribution is -0.123. The zero-order chi connectivity index (χ0) is 13.1. The van der Waals surface area contributed by atoms with E-state index in [1.165, 1.54) is 35.7 Å². The van der Waals surface area contributed by atoms with Gasteiger partial charge < -0.3 is 4.98 Å². The summed E-state index contributed by atoms with van der Waals surface area (Å²) >= 11 is 0. The van der Waals surface area contributed by atoms with Crippen molar-refractivity contribution < 1.29 is 4.79 Å². The van der Waals surface area contributed by atoms with Crippen LogP contribution in [0.1, 0.15) is 44.1 Å². The first-order chi connectivity index (χ1) is 9.34. The molecule has 1 N–H and O–H groups in total. The highest BCUT2D eigenvalue weighted by atomic mass is 16.1. The molecule has 1 fully saturated rings. The molecule has 2 heteroatoms. The Kier molecular flexibility index (Phi) is 3.67. The summed E-state index contributed by atoms with van der Waals surface area (Å²) in [6.45, 7) is 0. The Hall–Kier alpha value is -1.57. The highest BCUT2D eigenvalue weighted by Gasteiger charge is 2.20. The van der Waals surface area contributed by atoms with E-state index in [-0.39, 0.29) is 0 Å². The maximum absolute atomic E-state index is 12.2. The maximum Gasteiger partial charge on any atom is 0.136 e. The van der Waals surface area contributed by atoms with E-state index in [1.54, 1.807) is 0 Å². The SMILES string of the molecule is O=C(CCc1c[nH]c2ccccc12)C1CCCCC1. The van der Waals surface area contributed by atoms with E-state index in [0.29, 0.717) is 18.1 Å². The summed E-state index contributed by atoms with van der Waals surface area (Å²) in [7, 11) is 0. The molecular weight excluding hydrogens is 234 g/mol. The van der Waals surface area contributed by atoms with Gasteiger partial charge in [-0.05, 0) is 30.9 Å². The maximum atomic E-state index is 12.2. The van der Waals surface area contributed by atoms with E-state index >= 15 is 0 Å². The molecule has 0 saturated heterocycles. The van der Waals surface area contributed by atoms with Crippen LogP contribution in [-0.4, -0.2) is 10.8 Å². The molecule has 2 nitrogen and oxygen atoms in total. The summed E-state index contributed by atoms with van der Waals surface area (Å²) in [6, 6.07) is 8.31. The van der Waals surface area contributed by atoms with Crippen molar-refractivity contribution in [3.05, 3.63) is 36.0 Å². The van der Waals surface area contributed by atoms with Gasteiger partial charge in [-0.3, -0.25) is 4.79 Å². The summed E-state index contributed by atoms with van der Waals surface area (Å²) in [5.74, 6) is 0.823. The van der Waals surface area contributed by atoms with Gasteiger partial charge in [0.2, 0.25) is 0 Å². The van der Waals surface area contributed by atoms with Crippen molar-refractivity contribution in [1.82, 2.24) is 4.98 Å². The molecule has 3 rings (SSSR count). The number of benzene rings is 1. The van der Waals surface area contributed by atoms with Gasteiger partial charge >= 0.3 is 0 Å². The largest absolute Gasteiger partial charge is 0.361 e. The standard InChI is InChI=1S/C17H21NO/c19-17(13-6-2-1-3-7-13)11-10-14-12-18-16-9-5-4-8-15(14)16/h4-5,8-9,12-13,18H,1-3,6-7,10-11H2. The van der Waals surface area contributed by atoms with Gasteiger partial charge in [-0.15, -0.1) is 0 Å². The van der Waals surface area contributed by atoms with Crippen molar-refractivity contribution in [2.24, 2.45) is 5.92 Å². The van der Waals surface area contributed by atoms with Crippen LogP contribution in [0.3, 0.4) is 0 Å². The molecule has 0 amide bonds. The number of hydrogen-bond donors (Lipinski definition) is 1. The second-order valence-corrected chi connectivity index (χ2v) is 5.66. The average Bonchev–Trinajstić information content (AvgIpc) is 2.89. The predicted octanol–water partition coefficient (Wildman–Crippen LogP) is 4.25. The Labute approximate surface area is 114 Å². The molecule has 0 aliphatic heterocycles. The van der Waals surface area contributed by atoms with Gasteiger partial charge in [-0.25, -0.2) is 0 Å². The molecule has 1 saturated carbocycles. The number of carbonyl (C=O) groups excluding carboxylic acids is 1. The zero-order valence-electron chi connectivity index (χ0n) is 11.3. The van der Waals surface area contributed by atoms with Gasteiger partial charge in [0.1, 0.15) is 5.78 Å². The Bertz CT molecular complexity index is 563. The lowest BCUT2D eigenvalue weighted by Gasteiger charge is -2.20. The highest BCUT2D eigenvalue weighted by molar-refractivity contribution is 5.85. The van der Waals surface area contributed by atoms with Crippen LogP contribution >= 0.6 is 0 Å². The number of Topliss-reactive ketones (excluding diaryl/α,β-unsaturated/α-hetero) is 1. The van der Waals surface area contributed by atoms with E-state index in [1.807, 2.05) is 6.07 Å². The van der Waals surface area contributed by atoms with Crippen LogP contribution in [0.4, 0.5) is 0 Å². The van der Waals surface area contributed by atoms with Crippen LogP contribution in [0.2, 0.25) is 0 Å². The number of aryl methyl sites for hydroxylation is 1. The first kappa shape index (κ1) is 12.5. The molecule has 0 atom stereocenters. The Morgan fingerprint density at radius 2 is 1.95 bits per heavy atom. The molecular formula is C17H21NO. The molecule has 100 valence electrons. The topological polar surface area (TPSA) is 32.9 Å². The summed E-state index contributed by atoms with van der Waals surface area (Å²) in [6.07, 6.45) is 9.66. The third-order valence-electron chi connectivity index (χ3n) is 4.38. The normalized spacial score (nSPS) is 16.8. The van der Waals surface area contributed by atoms with Crippen LogP contribution < -0.4 is 0 Å². The quantitative estimate of drug-likeness (QED) is 0.870. The number of ketones is 1. The Balaban J connectivity index is 1.64. The van der Waals surface area contributed by atoms with Gasteiger partial charge in [0.25, 0.3) is 0 Å². The molecule has 0 bridgehead atoms. The number of hydrogen-bond acceptors (Lipinski definition) is 1. The summed E-state index contributed by atoms with van der Waals surface area (Å²) in [4.78, 5) is 15.5. The number of para-hydroxylation sites is 1. The van der Waals surface area contributed by atoms with E-state index in [4.69, 9.17) is 0 Å². The smallest absolute Gasteiger partial charge is 0.136 e. The summed E-state index contributed by atoms with van der Waals surface area (Å²) < 4.78 is 0. The van der Waals surface area contributed by atoms with E-state index < -0.39 is 0 Å². The van der Waals surface area contributed by atoms with Gasteiger partial charge in [-0.2, -0.15) is 0 Å². The average molecular weight is 255 g/mol. The van der Waals surface area contributed by atoms with Crippen LogP contribution in [0.15, 0.2) is 30.5 Å². The lowest BCUT2D eigenvalue weighted by atomic mass is 9.84. The van der Waals surface area contributed by atoms with Crippen LogP contribution in [0.5, 0.6) is 0 Å². The minimum absolute atomic E-state index is 0.346. The monoisotopic (exact) mass is 255 g/mol. The molecule has 1 heterocycles. The van der Waals surface area contributed by atoms with E-state index in [9.17, 15) is 4.79 Å². The van der Waals surface area contributed by atoms with Gasteiger partial charge in [-0.1, -0.05) is 37.5 Å². The molecule has 19 heavy (non-hydrogen) atoms. The summed E-state index contributed by atoms with van der Waals surface area (Å²) in [5.41, 5.74) is 2.45. The summed E-state index contributed by atoms with van der Waals surface area (Å²) in [5, 5.41) is 1.26. The minimum Gasteiger partial charge on any atom is -0.361 e. The fourth-order valence-electron chi connectivity index (χ4n) is 3.23. The number of aromatic nitrogens is 1. The second-order valence-electron chi connectivity index (χ2n) is 5.66. The highest BCUT2D eigenvalue weighted by Crippen LogP contribution is 2.26. The Morgan fingerprint density at radius 3 is 2.79 bits per heavy atom. The number of fused-ring (bicyclic) bond motifs is 1. The number of aromatic amines is 1. The molecule has 1 aliphatic rings. The molecule has 2 aromatic rings. The first-order valence-corrected chi connectivity index (χ1v) is 7.42. The molecule has 0 radical (unpaired) electrons. The molecule has 1 aromatic heterocycles.